The molecule has 0 amide bonds. The van der Waals surface area contributed by atoms with Crippen LogP contribution in [0.2, 0.25) is 0 Å². The standard InChI is InChI=1S/C12H15N3O6S2/c13-23(20,21)8-3-1-7(2-4-8)14-12(22)15-9(11(18)19)5-6-10(16)17/h1-4,9H,5-6H2,(H,16,17)(H,18,19)(H2,13,20,21)(H2,14,15,22)/t9-/m0/s1. The van der Waals surface area contributed by atoms with Gasteiger partial charge in [-0.2, -0.15) is 0 Å². The highest BCUT2D eigenvalue weighted by atomic mass is 32.2. The molecule has 23 heavy (non-hydrogen) atoms. The highest BCUT2D eigenvalue weighted by molar-refractivity contribution is 7.89. The average Bonchev–Trinajstić information content (AvgIpc) is 2.42. The third-order valence-corrected chi connectivity index (χ3v) is 3.84. The quantitative estimate of drug-likeness (QED) is 0.419. The molecule has 1 rings (SSSR count). The molecule has 0 aliphatic carbocycles. The van der Waals surface area contributed by atoms with Gasteiger partial charge in [0.2, 0.25) is 10.0 Å². The lowest BCUT2D eigenvalue weighted by atomic mass is 10.1. The topological polar surface area (TPSA) is 159 Å². The molecule has 0 aromatic heterocycles. The van der Waals surface area contributed by atoms with Crippen molar-refractivity contribution in [2.24, 2.45) is 5.14 Å². The number of nitrogens with two attached hydrogens (primary N) is 1. The SMILES string of the molecule is NS(=O)(=O)c1ccc(NC(=S)N[C@@H](CCC(=O)O)C(=O)O)cc1. The summed E-state index contributed by atoms with van der Waals surface area (Å²) in [7, 11) is -3.80. The van der Waals surface area contributed by atoms with Crippen molar-refractivity contribution in [3.63, 3.8) is 0 Å². The van der Waals surface area contributed by atoms with E-state index in [2.05, 4.69) is 10.6 Å². The number of primary sulfonamides is 1. The van der Waals surface area contributed by atoms with E-state index in [9.17, 15) is 18.0 Å². The largest absolute Gasteiger partial charge is 0.481 e. The lowest BCUT2D eigenvalue weighted by Crippen LogP contribution is -2.43. The van der Waals surface area contributed by atoms with Crippen molar-refractivity contribution in [2.45, 2.75) is 23.8 Å². The summed E-state index contributed by atoms with van der Waals surface area (Å²) in [6, 6.07) is 4.18. The minimum Gasteiger partial charge on any atom is -0.481 e. The number of aliphatic carboxylic acids is 2. The van der Waals surface area contributed by atoms with Crippen molar-refractivity contribution in [1.82, 2.24) is 5.32 Å². The Labute approximate surface area is 137 Å². The molecule has 0 bridgehead atoms. The Hall–Kier alpha value is -2.24. The van der Waals surface area contributed by atoms with Gasteiger partial charge in [-0.05, 0) is 42.9 Å². The van der Waals surface area contributed by atoms with E-state index >= 15 is 0 Å². The van der Waals surface area contributed by atoms with Gasteiger partial charge in [-0.3, -0.25) is 4.79 Å². The van der Waals surface area contributed by atoms with E-state index in [4.69, 9.17) is 27.6 Å². The van der Waals surface area contributed by atoms with Gasteiger partial charge in [-0.1, -0.05) is 0 Å². The van der Waals surface area contributed by atoms with Crippen LogP contribution in [0.4, 0.5) is 5.69 Å². The molecule has 126 valence electrons. The van der Waals surface area contributed by atoms with Crippen LogP contribution >= 0.6 is 12.2 Å². The Morgan fingerprint density at radius 1 is 1.22 bits per heavy atom. The van der Waals surface area contributed by atoms with Gasteiger partial charge in [-0.15, -0.1) is 0 Å². The van der Waals surface area contributed by atoms with Gasteiger partial charge in [-0.25, -0.2) is 18.4 Å². The zero-order chi connectivity index (χ0) is 17.6. The van der Waals surface area contributed by atoms with E-state index in [-0.39, 0.29) is 22.8 Å². The fourth-order valence-corrected chi connectivity index (χ4v) is 2.35. The van der Waals surface area contributed by atoms with Crippen LogP contribution < -0.4 is 15.8 Å². The Morgan fingerprint density at radius 3 is 2.22 bits per heavy atom. The normalized spacial score (nSPS) is 12.2. The molecule has 0 fully saturated rings. The molecule has 1 aromatic rings. The van der Waals surface area contributed by atoms with Crippen LogP contribution in [0.15, 0.2) is 29.2 Å². The fourth-order valence-electron chi connectivity index (χ4n) is 1.58. The number of thiocarbonyl (C=S) groups is 1. The summed E-state index contributed by atoms with van der Waals surface area (Å²) in [6.45, 7) is 0. The molecule has 0 heterocycles. The van der Waals surface area contributed by atoms with Crippen LogP contribution in [0.5, 0.6) is 0 Å². The highest BCUT2D eigenvalue weighted by Gasteiger charge is 2.19. The molecule has 0 spiro atoms. The predicted molar refractivity (Wildman–Crippen MR) is 85.5 cm³/mol. The molecule has 0 saturated carbocycles. The number of benzene rings is 1. The minimum absolute atomic E-state index is 0.0360. The first kappa shape index (κ1) is 18.8. The van der Waals surface area contributed by atoms with Gasteiger partial charge in [0.25, 0.3) is 0 Å². The van der Waals surface area contributed by atoms with Gasteiger partial charge in [0.15, 0.2) is 5.11 Å². The molecule has 0 saturated heterocycles. The Morgan fingerprint density at radius 2 is 1.78 bits per heavy atom. The summed E-state index contributed by atoms with van der Waals surface area (Å²) >= 11 is 4.94. The molecular weight excluding hydrogens is 346 g/mol. The first-order valence-corrected chi connectivity index (χ1v) is 8.20. The van der Waals surface area contributed by atoms with Gasteiger partial charge in [0.05, 0.1) is 4.90 Å². The Bertz CT molecular complexity index is 702. The maximum absolute atomic E-state index is 11.1. The molecule has 11 heteroatoms. The second-order valence-corrected chi connectivity index (χ2v) is 6.46. The Kier molecular flexibility index (Phi) is 6.42. The third-order valence-electron chi connectivity index (χ3n) is 2.69. The van der Waals surface area contributed by atoms with Crippen molar-refractivity contribution in [1.29, 1.82) is 0 Å². The molecule has 9 nitrogen and oxygen atoms in total. The molecule has 0 radical (unpaired) electrons. The predicted octanol–water partition coefficient (Wildman–Crippen LogP) is -0.0616. The van der Waals surface area contributed by atoms with Crippen molar-refractivity contribution in [3.8, 4) is 0 Å². The molecule has 6 N–H and O–H groups in total. The monoisotopic (exact) mass is 361 g/mol. The van der Waals surface area contributed by atoms with Crippen molar-refractivity contribution in [2.75, 3.05) is 5.32 Å². The van der Waals surface area contributed by atoms with E-state index in [0.717, 1.165) is 0 Å². The third kappa shape index (κ3) is 6.59. The van der Waals surface area contributed by atoms with Crippen molar-refractivity contribution in [3.05, 3.63) is 24.3 Å². The van der Waals surface area contributed by atoms with Gasteiger partial charge >= 0.3 is 11.9 Å². The number of carbonyl (C=O) groups is 2. The number of rotatable bonds is 7. The Balaban J connectivity index is 2.67. The van der Waals surface area contributed by atoms with E-state index in [1.54, 1.807) is 0 Å². The maximum Gasteiger partial charge on any atom is 0.326 e. The zero-order valence-corrected chi connectivity index (χ0v) is 13.4. The second-order valence-electron chi connectivity index (χ2n) is 4.49. The molecule has 1 aromatic carbocycles. The maximum atomic E-state index is 11.1. The number of carboxylic acids is 2. The summed E-state index contributed by atoms with van der Waals surface area (Å²) in [5.74, 6) is -2.35. The van der Waals surface area contributed by atoms with Crippen LogP contribution in [-0.2, 0) is 19.6 Å². The molecule has 0 aliphatic heterocycles. The fraction of sp³-hybridized carbons (Fsp3) is 0.250. The number of sulfonamides is 1. The summed E-state index contributed by atoms with van der Waals surface area (Å²) in [6.07, 6.45) is -0.466. The summed E-state index contributed by atoms with van der Waals surface area (Å²) in [5, 5.41) is 27.7. The molecule has 0 unspecified atom stereocenters. The van der Waals surface area contributed by atoms with E-state index in [1.165, 1.54) is 24.3 Å². The first-order chi connectivity index (χ1) is 10.6. The number of carboxylic acid groups (broad SMARTS) is 2. The second kappa shape index (κ2) is 7.85. The molecular formula is C12H15N3O6S2. The van der Waals surface area contributed by atoms with Gasteiger partial charge in [0, 0.05) is 12.1 Å². The van der Waals surface area contributed by atoms with Crippen LogP contribution in [0, 0.1) is 0 Å². The van der Waals surface area contributed by atoms with Crippen molar-refractivity contribution >= 4 is 45.0 Å². The number of anilines is 1. The summed E-state index contributed by atoms with van der Waals surface area (Å²) in [4.78, 5) is 21.4. The number of hydrogen-bond donors (Lipinski definition) is 5. The van der Waals surface area contributed by atoms with Crippen molar-refractivity contribution < 1.29 is 28.2 Å². The van der Waals surface area contributed by atoms with Gasteiger partial charge < -0.3 is 20.8 Å². The highest BCUT2D eigenvalue weighted by Crippen LogP contribution is 2.12. The minimum atomic E-state index is -3.80. The van der Waals surface area contributed by atoms with Crippen LogP contribution in [0.25, 0.3) is 0 Å². The van der Waals surface area contributed by atoms with E-state index in [0.29, 0.717) is 5.69 Å². The van der Waals surface area contributed by atoms with Crippen LogP contribution in [0.3, 0.4) is 0 Å². The van der Waals surface area contributed by atoms with E-state index < -0.39 is 28.0 Å². The summed E-state index contributed by atoms with van der Waals surface area (Å²) < 4.78 is 22.2. The van der Waals surface area contributed by atoms with Gasteiger partial charge in [0.1, 0.15) is 6.04 Å². The number of nitrogens with one attached hydrogen (secondary N) is 2. The average molecular weight is 361 g/mol. The number of hydrogen-bond acceptors (Lipinski definition) is 5. The van der Waals surface area contributed by atoms with Crippen LogP contribution in [-0.4, -0.2) is 41.7 Å². The lowest BCUT2D eigenvalue weighted by molar-refractivity contribution is -0.140. The van der Waals surface area contributed by atoms with E-state index in [1.807, 2.05) is 0 Å². The lowest BCUT2D eigenvalue weighted by Gasteiger charge is -2.16. The smallest absolute Gasteiger partial charge is 0.326 e. The molecule has 0 aliphatic rings. The first-order valence-electron chi connectivity index (χ1n) is 6.24. The summed E-state index contributed by atoms with van der Waals surface area (Å²) in [5.41, 5.74) is 0.414. The molecule has 1 atom stereocenters. The van der Waals surface area contributed by atoms with Crippen LogP contribution in [0.1, 0.15) is 12.8 Å². The zero-order valence-electron chi connectivity index (χ0n) is 11.7.